The van der Waals surface area contributed by atoms with Crippen molar-refractivity contribution in [1.29, 1.82) is 0 Å². The Kier molecular flexibility index (Phi) is 3.21. The molecule has 0 unspecified atom stereocenters. The van der Waals surface area contributed by atoms with Crippen molar-refractivity contribution in [3.05, 3.63) is 24.4 Å². The Labute approximate surface area is 91.1 Å². The third-order valence-electron chi connectivity index (χ3n) is 2.82. The van der Waals surface area contributed by atoms with E-state index in [1.807, 2.05) is 18.2 Å². The van der Waals surface area contributed by atoms with E-state index < -0.39 is 0 Å². The fourth-order valence-electron chi connectivity index (χ4n) is 1.77. The van der Waals surface area contributed by atoms with Gasteiger partial charge in [-0.2, -0.15) is 0 Å². The molecule has 1 aromatic rings. The summed E-state index contributed by atoms with van der Waals surface area (Å²) in [4.78, 5) is 6.58. The third kappa shape index (κ3) is 2.69. The molecule has 15 heavy (non-hydrogen) atoms. The number of pyridine rings is 1. The fourth-order valence-corrected chi connectivity index (χ4v) is 1.77. The second-order valence-corrected chi connectivity index (χ2v) is 4.39. The number of rotatable bonds is 4. The van der Waals surface area contributed by atoms with Gasteiger partial charge in [-0.05, 0) is 19.9 Å². The van der Waals surface area contributed by atoms with Crippen LogP contribution in [0.3, 0.4) is 0 Å². The molecule has 3 nitrogen and oxygen atoms in total. The molecule has 0 radical (unpaired) electrons. The lowest BCUT2D eigenvalue weighted by molar-refractivity contribution is 0.0364. The first-order valence-corrected chi connectivity index (χ1v) is 5.53. The lowest BCUT2D eigenvalue weighted by Gasteiger charge is -2.41. The van der Waals surface area contributed by atoms with E-state index in [2.05, 4.69) is 23.7 Å². The van der Waals surface area contributed by atoms with Gasteiger partial charge in [-0.3, -0.25) is 0 Å². The first kappa shape index (κ1) is 10.4. The van der Waals surface area contributed by atoms with Crippen LogP contribution >= 0.6 is 0 Å². The van der Waals surface area contributed by atoms with Crippen molar-refractivity contribution in [3.63, 3.8) is 0 Å². The van der Waals surface area contributed by atoms with Crippen LogP contribution in [0.1, 0.15) is 13.8 Å². The summed E-state index contributed by atoms with van der Waals surface area (Å²) in [6, 6.07) is 6.41. The molecule has 0 atom stereocenters. The van der Waals surface area contributed by atoms with Crippen LogP contribution in [-0.4, -0.2) is 35.6 Å². The molecule has 3 heteroatoms. The molecule has 0 saturated carbocycles. The number of nitrogens with zero attached hydrogens (tertiary/aromatic N) is 2. The maximum absolute atomic E-state index is 5.60. The van der Waals surface area contributed by atoms with Crippen molar-refractivity contribution in [3.8, 4) is 5.88 Å². The SMILES string of the molecule is CC(C)N1CC(COc2ccccn2)C1. The average molecular weight is 206 g/mol. The van der Waals surface area contributed by atoms with Crippen LogP contribution in [0.15, 0.2) is 24.4 Å². The Balaban J connectivity index is 1.69. The van der Waals surface area contributed by atoms with E-state index in [0.717, 1.165) is 25.6 Å². The molecule has 1 aromatic heterocycles. The lowest BCUT2D eigenvalue weighted by Crippen LogP contribution is -2.52. The Morgan fingerprint density at radius 1 is 1.47 bits per heavy atom. The highest BCUT2D eigenvalue weighted by Crippen LogP contribution is 2.19. The average Bonchev–Trinajstić information content (AvgIpc) is 2.16. The highest BCUT2D eigenvalue weighted by atomic mass is 16.5. The minimum Gasteiger partial charge on any atom is -0.477 e. The second-order valence-electron chi connectivity index (χ2n) is 4.39. The predicted octanol–water partition coefficient (Wildman–Crippen LogP) is 1.80. The number of ether oxygens (including phenoxy) is 1. The van der Waals surface area contributed by atoms with Crippen molar-refractivity contribution in [1.82, 2.24) is 9.88 Å². The van der Waals surface area contributed by atoms with Gasteiger partial charge in [0.05, 0.1) is 6.61 Å². The molecule has 2 heterocycles. The van der Waals surface area contributed by atoms with Gasteiger partial charge >= 0.3 is 0 Å². The van der Waals surface area contributed by atoms with Crippen LogP contribution in [0.2, 0.25) is 0 Å². The zero-order valence-corrected chi connectivity index (χ0v) is 9.39. The van der Waals surface area contributed by atoms with Crippen LogP contribution in [0.4, 0.5) is 0 Å². The zero-order valence-electron chi connectivity index (χ0n) is 9.39. The lowest BCUT2D eigenvalue weighted by atomic mass is 9.99. The predicted molar refractivity (Wildman–Crippen MR) is 59.9 cm³/mol. The molecule has 1 fully saturated rings. The summed E-state index contributed by atoms with van der Waals surface area (Å²) < 4.78 is 5.60. The van der Waals surface area contributed by atoms with Gasteiger partial charge in [0.25, 0.3) is 0 Å². The van der Waals surface area contributed by atoms with E-state index in [-0.39, 0.29) is 0 Å². The van der Waals surface area contributed by atoms with Crippen LogP contribution < -0.4 is 4.74 Å². The third-order valence-corrected chi connectivity index (χ3v) is 2.82. The van der Waals surface area contributed by atoms with Gasteiger partial charge in [0, 0.05) is 37.3 Å². The van der Waals surface area contributed by atoms with Crippen LogP contribution in [0.5, 0.6) is 5.88 Å². The number of aromatic nitrogens is 1. The normalized spacial score (nSPS) is 17.8. The fraction of sp³-hybridized carbons (Fsp3) is 0.583. The van der Waals surface area contributed by atoms with E-state index in [9.17, 15) is 0 Å². The molecule has 0 N–H and O–H groups in total. The summed E-state index contributed by atoms with van der Waals surface area (Å²) in [5, 5.41) is 0. The van der Waals surface area contributed by atoms with Crippen LogP contribution in [0, 0.1) is 5.92 Å². The van der Waals surface area contributed by atoms with Gasteiger partial charge in [-0.25, -0.2) is 4.98 Å². The minimum absolute atomic E-state index is 0.663. The smallest absolute Gasteiger partial charge is 0.213 e. The van der Waals surface area contributed by atoms with E-state index in [1.165, 1.54) is 0 Å². The number of hydrogen-bond donors (Lipinski definition) is 0. The van der Waals surface area contributed by atoms with Gasteiger partial charge in [-0.1, -0.05) is 6.07 Å². The molecule has 1 aliphatic heterocycles. The maximum atomic E-state index is 5.60. The maximum Gasteiger partial charge on any atom is 0.213 e. The van der Waals surface area contributed by atoms with Crippen LogP contribution in [0.25, 0.3) is 0 Å². The van der Waals surface area contributed by atoms with Crippen molar-refractivity contribution in [2.45, 2.75) is 19.9 Å². The summed E-state index contributed by atoms with van der Waals surface area (Å²) in [5.41, 5.74) is 0. The van der Waals surface area contributed by atoms with E-state index in [0.29, 0.717) is 12.0 Å². The molecule has 0 aliphatic carbocycles. The van der Waals surface area contributed by atoms with Crippen LogP contribution in [-0.2, 0) is 0 Å². The summed E-state index contributed by atoms with van der Waals surface area (Å²) in [6.07, 6.45) is 1.76. The zero-order chi connectivity index (χ0) is 10.7. The van der Waals surface area contributed by atoms with Crippen molar-refractivity contribution < 1.29 is 4.74 Å². The van der Waals surface area contributed by atoms with E-state index in [1.54, 1.807) is 6.20 Å². The number of hydrogen-bond acceptors (Lipinski definition) is 3. The molecule has 0 bridgehead atoms. The Morgan fingerprint density at radius 2 is 2.27 bits per heavy atom. The molecular formula is C12H18N2O. The Hall–Kier alpha value is -1.09. The molecular weight excluding hydrogens is 188 g/mol. The topological polar surface area (TPSA) is 25.4 Å². The largest absolute Gasteiger partial charge is 0.477 e. The first-order valence-electron chi connectivity index (χ1n) is 5.53. The highest BCUT2D eigenvalue weighted by Gasteiger charge is 2.28. The van der Waals surface area contributed by atoms with E-state index >= 15 is 0 Å². The molecule has 0 amide bonds. The summed E-state index contributed by atoms with van der Waals surface area (Å²) in [7, 11) is 0. The van der Waals surface area contributed by atoms with Gasteiger partial charge < -0.3 is 9.64 Å². The van der Waals surface area contributed by atoms with Crippen molar-refractivity contribution in [2.24, 2.45) is 5.92 Å². The van der Waals surface area contributed by atoms with Crippen molar-refractivity contribution >= 4 is 0 Å². The summed E-state index contributed by atoms with van der Waals surface area (Å²) >= 11 is 0. The van der Waals surface area contributed by atoms with Crippen molar-refractivity contribution in [2.75, 3.05) is 19.7 Å². The Bertz CT molecular complexity index is 294. The van der Waals surface area contributed by atoms with Gasteiger partial charge in [0.1, 0.15) is 0 Å². The Morgan fingerprint density at radius 3 is 2.87 bits per heavy atom. The first-order chi connectivity index (χ1) is 7.25. The summed E-state index contributed by atoms with van der Waals surface area (Å²) in [6.45, 7) is 7.57. The highest BCUT2D eigenvalue weighted by molar-refractivity contribution is 5.09. The molecule has 0 spiro atoms. The van der Waals surface area contributed by atoms with Gasteiger partial charge in [0.15, 0.2) is 0 Å². The standard InChI is InChI=1S/C12H18N2O/c1-10(2)14-7-11(8-14)9-15-12-5-3-4-6-13-12/h3-6,10-11H,7-9H2,1-2H3. The molecule has 1 saturated heterocycles. The minimum atomic E-state index is 0.663. The molecule has 82 valence electrons. The quantitative estimate of drug-likeness (QED) is 0.751. The molecule has 0 aromatic carbocycles. The number of likely N-dealkylation sites (tertiary alicyclic amines) is 1. The van der Waals surface area contributed by atoms with Gasteiger partial charge in [0.2, 0.25) is 5.88 Å². The molecule has 2 rings (SSSR count). The second kappa shape index (κ2) is 4.62. The van der Waals surface area contributed by atoms with E-state index in [4.69, 9.17) is 4.74 Å². The molecule has 1 aliphatic rings. The monoisotopic (exact) mass is 206 g/mol. The summed E-state index contributed by atoms with van der Waals surface area (Å²) in [5.74, 6) is 1.41. The van der Waals surface area contributed by atoms with Gasteiger partial charge in [-0.15, -0.1) is 0 Å².